The van der Waals surface area contributed by atoms with Crippen LogP contribution in [0.1, 0.15) is 31.0 Å². The fraction of sp³-hybridized carbons (Fsp3) is 0.278. The molecule has 0 spiro atoms. The first-order valence-electron chi connectivity index (χ1n) is 7.46. The Morgan fingerprint density at radius 2 is 1.65 bits per heavy atom. The van der Waals surface area contributed by atoms with E-state index < -0.39 is 0 Å². The third kappa shape index (κ3) is 4.47. The Morgan fingerprint density at radius 1 is 1.00 bits per heavy atom. The van der Waals surface area contributed by atoms with Crippen LogP contribution in [0.4, 0.5) is 5.69 Å². The molecule has 0 saturated heterocycles. The van der Waals surface area contributed by atoms with Crippen LogP contribution in [-0.4, -0.2) is 11.9 Å². The molecular formula is C18H20Cl2N2O. The summed E-state index contributed by atoms with van der Waals surface area (Å²) in [7, 11) is 0. The van der Waals surface area contributed by atoms with Crippen LogP contribution in [0.5, 0.6) is 0 Å². The van der Waals surface area contributed by atoms with E-state index in [4.69, 9.17) is 23.2 Å². The molecule has 2 aromatic carbocycles. The highest BCUT2D eigenvalue weighted by Crippen LogP contribution is 2.24. The van der Waals surface area contributed by atoms with Gasteiger partial charge in [0.25, 0.3) is 0 Å². The molecule has 0 aliphatic carbocycles. The highest BCUT2D eigenvalue weighted by molar-refractivity contribution is 6.32. The number of carbonyl (C=O) groups is 1. The van der Waals surface area contributed by atoms with E-state index in [9.17, 15) is 4.79 Å². The highest BCUT2D eigenvalue weighted by atomic mass is 35.5. The van der Waals surface area contributed by atoms with Crippen LogP contribution in [0.15, 0.2) is 42.5 Å². The molecule has 2 rings (SSSR count). The summed E-state index contributed by atoms with van der Waals surface area (Å²) < 4.78 is 0. The van der Waals surface area contributed by atoms with Crippen LogP contribution in [-0.2, 0) is 4.79 Å². The lowest BCUT2D eigenvalue weighted by Crippen LogP contribution is -2.39. The average molecular weight is 351 g/mol. The number of hydrogen-bond acceptors (Lipinski definition) is 2. The van der Waals surface area contributed by atoms with E-state index in [-0.39, 0.29) is 18.0 Å². The minimum Gasteiger partial charge on any atom is -0.324 e. The van der Waals surface area contributed by atoms with Gasteiger partial charge >= 0.3 is 0 Å². The van der Waals surface area contributed by atoms with E-state index in [1.54, 1.807) is 6.07 Å². The van der Waals surface area contributed by atoms with Gasteiger partial charge in [-0.2, -0.15) is 0 Å². The number of carbonyl (C=O) groups excluding carboxylic acids is 1. The molecule has 0 heterocycles. The van der Waals surface area contributed by atoms with Crippen molar-refractivity contribution in [3.63, 3.8) is 0 Å². The minimum atomic E-state index is -0.375. The molecular weight excluding hydrogens is 331 g/mol. The smallest absolute Gasteiger partial charge is 0.241 e. The van der Waals surface area contributed by atoms with Gasteiger partial charge in [-0.15, -0.1) is 0 Å². The van der Waals surface area contributed by atoms with Gasteiger partial charge in [-0.1, -0.05) is 47.5 Å². The Balaban J connectivity index is 2.03. The third-order valence-electron chi connectivity index (χ3n) is 3.79. The number of anilines is 1. The Bertz CT molecular complexity index is 703. The number of nitrogens with one attached hydrogen (secondary N) is 2. The zero-order chi connectivity index (χ0) is 17.0. The second-order valence-electron chi connectivity index (χ2n) is 5.53. The van der Waals surface area contributed by atoms with Gasteiger partial charge in [-0.3, -0.25) is 10.1 Å². The quantitative estimate of drug-likeness (QED) is 0.798. The molecule has 0 bridgehead atoms. The van der Waals surface area contributed by atoms with E-state index in [0.717, 1.165) is 16.8 Å². The van der Waals surface area contributed by atoms with Crippen LogP contribution in [0.2, 0.25) is 10.0 Å². The van der Waals surface area contributed by atoms with E-state index >= 15 is 0 Å². The fourth-order valence-electron chi connectivity index (χ4n) is 2.35. The second kappa shape index (κ2) is 7.82. The minimum absolute atomic E-state index is 0.0371. The van der Waals surface area contributed by atoms with Crippen molar-refractivity contribution in [2.75, 3.05) is 5.32 Å². The first-order valence-corrected chi connectivity index (χ1v) is 8.22. The molecule has 122 valence electrons. The standard InChI is InChI=1S/C18H20Cl2N2O/c1-11-15(19)9-6-10-17(11)22-18(23)13(3)21-12(2)14-7-4-5-8-16(14)20/h4-10,12-13,21H,1-3H3,(H,22,23). The van der Waals surface area contributed by atoms with Crippen molar-refractivity contribution in [3.05, 3.63) is 63.6 Å². The van der Waals surface area contributed by atoms with Crippen LogP contribution in [0, 0.1) is 6.92 Å². The first-order chi connectivity index (χ1) is 10.9. The van der Waals surface area contributed by atoms with Crippen LogP contribution in [0.3, 0.4) is 0 Å². The molecule has 23 heavy (non-hydrogen) atoms. The van der Waals surface area contributed by atoms with E-state index in [1.165, 1.54) is 0 Å². The van der Waals surface area contributed by atoms with Crippen molar-refractivity contribution in [2.24, 2.45) is 0 Å². The Kier molecular flexibility index (Phi) is 6.05. The molecule has 2 aromatic rings. The second-order valence-corrected chi connectivity index (χ2v) is 6.35. The summed E-state index contributed by atoms with van der Waals surface area (Å²) >= 11 is 12.3. The number of rotatable bonds is 5. The molecule has 0 aromatic heterocycles. The summed E-state index contributed by atoms with van der Waals surface area (Å²) in [6, 6.07) is 12.6. The largest absolute Gasteiger partial charge is 0.324 e. The lowest BCUT2D eigenvalue weighted by atomic mass is 10.1. The van der Waals surface area contributed by atoms with Gasteiger partial charge in [-0.25, -0.2) is 0 Å². The Morgan fingerprint density at radius 3 is 2.35 bits per heavy atom. The number of hydrogen-bond donors (Lipinski definition) is 2. The van der Waals surface area contributed by atoms with E-state index in [1.807, 2.05) is 57.2 Å². The van der Waals surface area contributed by atoms with Crippen molar-refractivity contribution < 1.29 is 4.79 Å². The van der Waals surface area contributed by atoms with Gasteiger partial charge in [0.05, 0.1) is 6.04 Å². The van der Waals surface area contributed by atoms with Gasteiger partial charge in [0.2, 0.25) is 5.91 Å². The predicted molar refractivity (Wildman–Crippen MR) is 97.3 cm³/mol. The summed E-state index contributed by atoms with van der Waals surface area (Å²) in [5, 5.41) is 7.48. The van der Waals surface area contributed by atoms with E-state index in [2.05, 4.69) is 10.6 Å². The summed E-state index contributed by atoms with van der Waals surface area (Å²) in [4.78, 5) is 12.4. The molecule has 2 N–H and O–H groups in total. The fourth-order valence-corrected chi connectivity index (χ4v) is 2.82. The molecule has 0 aliphatic heterocycles. The number of halogens is 2. The molecule has 2 unspecified atom stereocenters. The third-order valence-corrected chi connectivity index (χ3v) is 4.54. The lowest BCUT2D eigenvalue weighted by molar-refractivity contribution is -0.117. The van der Waals surface area contributed by atoms with Crippen LogP contribution in [0.25, 0.3) is 0 Å². The zero-order valence-electron chi connectivity index (χ0n) is 13.4. The molecule has 0 saturated carbocycles. The number of amides is 1. The maximum absolute atomic E-state index is 12.4. The number of benzene rings is 2. The van der Waals surface area contributed by atoms with Crippen molar-refractivity contribution in [3.8, 4) is 0 Å². The summed E-state index contributed by atoms with van der Waals surface area (Å²) in [6.07, 6.45) is 0. The summed E-state index contributed by atoms with van der Waals surface area (Å²) in [5.41, 5.74) is 2.54. The van der Waals surface area contributed by atoms with Gasteiger partial charge in [0, 0.05) is 21.8 Å². The van der Waals surface area contributed by atoms with Gasteiger partial charge < -0.3 is 5.32 Å². The highest BCUT2D eigenvalue weighted by Gasteiger charge is 2.18. The molecule has 1 amide bonds. The van der Waals surface area contributed by atoms with Gasteiger partial charge in [0.15, 0.2) is 0 Å². The van der Waals surface area contributed by atoms with Crippen molar-refractivity contribution in [2.45, 2.75) is 32.9 Å². The summed E-state index contributed by atoms with van der Waals surface area (Å²) in [6.45, 7) is 5.68. The Labute approximate surface area is 147 Å². The van der Waals surface area contributed by atoms with Crippen molar-refractivity contribution in [1.29, 1.82) is 0 Å². The SMILES string of the molecule is Cc1c(Cl)cccc1NC(=O)C(C)NC(C)c1ccccc1Cl. The monoisotopic (exact) mass is 350 g/mol. The maximum Gasteiger partial charge on any atom is 0.241 e. The molecule has 0 radical (unpaired) electrons. The zero-order valence-corrected chi connectivity index (χ0v) is 14.9. The topological polar surface area (TPSA) is 41.1 Å². The van der Waals surface area contributed by atoms with Gasteiger partial charge in [0.1, 0.15) is 0 Å². The normalized spacial score (nSPS) is 13.4. The molecule has 5 heteroatoms. The molecule has 0 fully saturated rings. The lowest BCUT2D eigenvalue weighted by Gasteiger charge is -2.21. The average Bonchev–Trinajstić information content (AvgIpc) is 2.52. The van der Waals surface area contributed by atoms with Crippen molar-refractivity contribution >= 4 is 34.8 Å². The first kappa shape index (κ1) is 17.8. The maximum atomic E-state index is 12.4. The molecule has 0 aliphatic rings. The summed E-state index contributed by atoms with van der Waals surface area (Å²) in [5.74, 6) is -0.116. The van der Waals surface area contributed by atoms with Crippen LogP contribution >= 0.6 is 23.2 Å². The van der Waals surface area contributed by atoms with Crippen molar-refractivity contribution in [1.82, 2.24) is 5.32 Å². The van der Waals surface area contributed by atoms with Gasteiger partial charge in [-0.05, 0) is 50.1 Å². The van der Waals surface area contributed by atoms with Crippen LogP contribution < -0.4 is 10.6 Å². The molecule has 2 atom stereocenters. The Hall–Kier alpha value is -1.55. The van der Waals surface area contributed by atoms with E-state index in [0.29, 0.717) is 10.0 Å². The molecule has 3 nitrogen and oxygen atoms in total. The predicted octanol–water partition coefficient (Wildman–Crippen LogP) is 4.98.